The van der Waals surface area contributed by atoms with Gasteiger partial charge in [0.05, 0.1) is 26.4 Å². The third kappa shape index (κ3) is 9.02. The Hall–Kier alpha value is -0.240. The van der Waals surface area contributed by atoms with Crippen molar-refractivity contribution in [3.8, 4) is 0 Å². The molecule has 5 N–H and O–H groups in total. The van der Waals surface area contributed by atoms with Gasteiger partial charge in [-0.15, -0.1) is 0 Å². The summed E-state index contributed by atoms with van der Waals surface area (Å²) in [4.78, 5) is 3.73. The molecule has 0 fully saturated rings. The normalized spacial score (nSPS) is 10.9. The van der Waals surface area contributed by atoms with Crippen molar-refractivity contribution in [1.82, 2.24) is 0 Å². The number of rotatable bonds is 8. The summed E-state index contributed by atoms with van der Waals surface area (Å²) in [5.41, 5.74) is -0.667. The Bertz CT molecular complexity index is 105. The van der Waals surface area contributed by atoms with Crippen molar-refractivity contribution < 1.29 is 30.6 Å². The first kappa shape index (κ1) is 18.1. The quantitative estimate of drug-likeness (QED) is 0.224. The average molecular weight is 240 g/mol. The Labute approximate surface area is 96.0 Å². The molecule has 0 spiro atoms. The molecule has 0 aliphatic heterocycles. The molecule has 0 aromatic rings. The first-order valence-electron chi connectivity index (χ1n) is 5.36. The molecule has 0 rings (SSSR count). The van der Waals surface area contributed by atoms with Crippen molar-refractivity contribution in [1.29, 1.82) is 0 Å². The fourth-order valence-electron chi connectivity index (χ4n) is 0.764. The van der Waals surface area contributed by atoms with E-state index < -0.39 is 5.41 Å². The predicted octanol–water partition coefficient (Wildman–Crippen LogP) is -0.392. The van der Waals surface area contributed by atoms with E-state index >= 15 is 0 Å². The second kappa shape index (κ2) is 12.8. The van der Waals surface area contributed by atoms with E-state index in [0.717, 1.165) is 0 Å². The van der Waals surface area contributed by atoms with Crippen molar-refractivity contribution in [3.05, 3.63) is 0 Å². The molecule has 0 bridgehead atoms. The van der Waals surface area contributed by atoms with Crippen molar-refractivity contribution in [3.63, 3.8) is 0 Å². The van der Waals surface area contributed by atoms with Crippen LogP contribution in [-0.2, 0) is 4.89 Å². The van der Waals surface area contributed by atoms with Crippen LogP contribution < -0.4 is 0 Å². The number of hydrogen-bond donors (Lipinski definition) is 5. The summed E-state index contributed by atoms with van der Waals surface area (Å²) in [5.74, 6) is 0. The molecule has 0 aliphatic carbocycles. The van der Waals surface area contributed by atoms with Gasteiger partial charge < -0.3 is 20.4 Å². The summed E-state index contributed by atoms with van der Waals surface area (Å²) in [6, 6.07) is 0. The second-order valence-corrected chi connectivity index (χ2v) is 3.59. The molecule has 0 saturated carbocycles. The maximum atomic E-state index is 8.66. The molecule has 0 atom stereocenters. The van der Waals surface area contributed by atoms with Crippen LogP contribution in [-0.4, -0.2) is 58.7 Å². The Morgan fingerprint density at radius 3 is 1.62 bits per heavy atom. The number of aliphatic hydroxyl groups excluding tert-OH is 4. The maximum Gasteiger partial charge on any atom is 0.0820 e. The summed E-state index contributed by atoms with van der Waals surface area (Å²) >= 11 is 0. The minimum absolute atomic E-state index is 0.156. The standard InChI is InChI=1S/C6H14O3.C4H10O3/c1-2-6(3-7,4-8)5-9;5-3-1-2-4-7-6/h7-9H,2-5H2,1H3;5-6H,1-4H2. The summed E-state index contributed by atoms with van der Waals surface area (Å²) in [6.45, 7) is 1.84. The summed E-state index contributed by atoms with van der Waals surface area (Å²) in [6.07, 6.45) is 2.00. The number of aliphatic hydroxyl groups is 4. The summed E-state index contributed by atoms with van der Waals surface area (Å²) < 4.78 is 0. The van der Waals surface area contributed by atoms with Gasteiger partial charge in [-0.1, -0.05) is 6.92 Å². The van der Waals surface area contributed by atoms with E-state index in [1.54, 1.807) is 0 Å². The lowest BCUT2D eigenvalue weighted by Crippen LogP contribution is -2.32. The first-order chi connectivity index (χ1) is 7.66. The molecule has 0 amide bonds. The van der Waals surface area contributed by atoms with Crippen molar-refractivity contribution in [2.24, 2.45) is 5.41 Å². The molecule has 6 nitrogen and oxygen atoms in total. The summed E-state index contributed by atoms with van der Waals surface area (Å²) in [5, 5.41) is 41.8. The van der Waals surface area contributed by atoms with Crippen LogP contribution in [0.4, 0.5) is 0 Å². The van der Waals surface area contributed by atoms with E-state index in [1.807, 2.05) is 6.92 Å². The Kier molecular flexibility index (Phi) is 14.5. The predicted molar refractivity (Wildman–Crippen MR) is 58.9 cm³/mol. The molecular formula is C10H24O6. The zero-order chi connectivity index (χ0) is 12.9. The zero-order valence-electron chi connectivity index (χ0n) is 9.80. The monoisotopic (exact) mass is 240 g/mol. The van der Waals surface area contributed by atoms with Crippen LogP contribution in [0.15, 0.2) is 0 Å². The highest BCUT2D eigenvalue weighted by Crippen LogP contribution is 2.18. The molecule has 6 heteroatoms. The van der Waals surface area contributed by atoms with E-state index in [1.165, 1.54) is 0 Å². The van der Waals surface area contributed by atoms with E-state index in [9.17, 15) is 0 Å². The van der Waals surface area contributed by atoms with Gasteiger partial charge in [-0.25, -0.2) is 4.89 Å². The van der Waals surface area contributed by atoms with Crippen LogP contribution in [0.5, 0.6) is 0 Å². The van der Waals surface area contributed by atoms with E-state index in [-0.39, 0.29) is 26.4 Å². The van der Waals surface area contributed by atoms with Gasteiger partial charge in [0, 0.05) is 12.0 Å². The smallest absolute Gasteiger partial charge is 0.0820 e. The highest BCUT2D eigenvalue weighted by Gasteiger charge is 2.24. The Morgan fingerprint density at radius 2 is 1.44 bits per heavy atom. The van der Waals surface area contributed by atoms with Crippen LogP contribution in [0, 0.1) is 5.41 Å². The van der Waals surface area contributed by atoms with Gasteiger partial charge in [0.1, 0.15) is 0 Å². The number of hydrogen-bond acceptors (Lipinski definition) is 6. The molecular weight excluding hydrogens is 216 g/mol. The lowest BCUT2D eigenvalue weighted by Gasteiger charge is -2.24. The second-order valence-electron chi connectivity index (χ2n) is 3.59. The van der Waals surface area contributed by atoms with E-state index in [4.69, 9.17) is 25.7 Å². The van der Waals surface area contributed by atoms with Gasteiger partial charge in [-0.05, 0) is 19.3 Å². The van der Waals surface area contributed by atoms with E-state index in [0.29, 0.717) is 25.9 Å². The molecule has 0 aliphatic rings. The molecule has 16 heavy (non-hydrogen) atoms. The largest absolute Gasteiger partial charge is 0.396 e. The van der Waals surface area contributed by atoms with Crippen molar-refractivity contribution in [2.45, 2.75) is 26.2 Å². The molecule has 0 aromatic heterocycles. The number of unbranched alkanes of at least 4 members (excludes halogenated alkanes) is 1. The average Bonchev–Trinajstić information content (AvgIpc) is 2.34. The lowest BCUT2D eigenvalue weighted by molar-refractivity contribution is -0.242. The SMILES string of the molecule is CCC(CO)(CO)CO.OCCCCOO. The fourth-order valence-corrected chi connectivity index (χ4v) is 0.764. The van der Waals surface area contributed by atoms with Gasteiger partial charge in [0.25, 0.3) is 0 Å². The topological polar surface area (TPSA) is 110 Å². The highest BCUT2D eigenvalue weighted by molar-refractivity contribution is 4.74. The van der Waals surface area contributed by atoms with Gasteiger partial charge in [0.15, 0.2) is 0 Å². The maximum absolute atomic E-state index is 8.66. The van der Waals surface area contributed by atoms with Gasteiger partial charge in [-0.3, -0.25) is 5.26 Å². The first-order valence-corrected chi connectivity index (χ1v) is 5.36. The minimum atomic E-state index is -0.667. The van der Waals surface area contributed by atoms with Crippen LogP contribution >= 0.6 is 0 Å². The Balaban J connectivity index is 0. The molecule has 100 valence electrons. The van der Waals surface area contributed by atoms with Crippen molar-refractivity contribution >= 4 is 0 Å². The van der Waals surface area contributed by atoms with Crippen LogP contribution in [0.3, 0.4) is 0 Å². The zero-order valence-corrected chi connectivity index (χ0v) is 9.80. The molecule has 0 saturated heterocycles. The van der Waals surface area contributed by atoms with Crippen LogP contribution in [0.25, 0.3) is 0 Å². The molecule has 0 unspecified atom stereocenters. The van der Waals surface area contributed by atoms with Gasteiger partial charge in [-0.2, -0.15) is 0 Å². The fraction of sp³-hybridized carbons (Fsp3) is 1.00. The van der Waals surface area contributed by atoms with E-state index in [2.05, 4.69) is 4.89 Å². The van der Waals surface area contributed by atoms with Gasteiger partial charge >= 0.3 is 0 Å². The third-order valence-electron chi connectivity index (χ3n) is 2.40. The lowest BCUT2D eigenvalue weighted by atomic mass is 9.88. The molecule has 0 radical (unpaired) electrons. The third-order valence-corrected chi connectivity index (χ3v) is 2.40. The van der Waals surface area contributed by atoms with Crippen molar-refractivity contribution in [2.75, 3.05) is 33.0 Å². The van der Waals surface area contributed by atoms with Crippen LogP contribution in [0.1, 0.15) is 26.2 Å². The molecule has 0 heterocycles. The summed E-state index contributed by atoms with van der Waals surface area (Å²) in [7, 11) is 0. The van der Waals surface area contributed by atoms with Gasteiger partial charge in [0.2, 0.25) is 0 Å². The molecule has 0 aromatic carbocycles. The Morgan fingerprint density at radius 1 is 0.938 bits per heavy atom. The highest BCUT2D eigenvalue weighted by atomic mass is 17.1. The van der Waals surface area contributed by atoms with Crippen LogP contribution in [0.2, 0.25) is 0 Å². The minimum Gasteiger partial charge on any atom is -0.396 e.